The van der Waals surface area contributed by atoms with Crippen molar-refractivity contribution in [2.75, 3.05) is 46.2 Å². The van der Waals surface area contributed by atoms with Crippen molar-refractivity contribution < 1.29 is 63.5 Å². The van der Waals surface area contributed by atoms with Crippen molar-refractivity contribution in [2.24, 2.45) is 23.7 Å². The first-order valence-corrected chi connectivity index (χ1v) is 61.8. The summed E-state index contributed by atoms with van der Waals surface area (Å²) in [6, 6.07) is 23.4. The number of aryl methyl sites for hydroxylation is 2. The quantitative estimate of drug-likeness (QED) is 0.0235. The zero-order valence-electron chi connectivity index (χ0n) is 95.8. The number of carbonyl (C=O) groups excluding carboxylic acids is 7. The van der Waals surface area contributed by atoms with Crippen LogP contribution < -0.4 is 0 Å². The first kappa shape index (κ1) is 137. The lowest BCUT2D eigenvalue weighted by atomic mass is 9.60. The number of aliphatic hydroxyl groups excluding tert-OH is 4. The van der Waals surface area contributed by atoms with E-state index < -0.39 is 0 Å². The molecule has 5 rings (SSSR count). The normalized spacial score (nSPS) is 14.5. The molecule has 0 bridgehead atoms. The molecule has 0 amide bonds. The van der Waals surface area contributed by atoms with E-state index in [1.165, 1.54) is 363 Å². The molecule has 3 aromatic carbocycles. The van der Waals surface area contributed by atoms with Gasteiger partial charge in [-0.3, -0.25) is 33.6 Å². The maximum atomic E-state index is 13.6. The fourth-order valence-corrected chi connectivity index (χ4v) is 21.0. The van der Waals surface area contributed by atoms with Gasteiger partial charge in [0.05, 0.1) is 6.61 Å². The van der Waals surface area contributed by atoms with E-state index in [9.17, 15) is 33.6 Å². The second-order valence-corrected chi connectivity index (χ2v) is 43.5. The lowest BCUT2D eigenvalue weighted by molar-refractivity contribution is -0.145. The van der Waals surface area contributed by atoms with Crippen LogP contribution in [-0.2, 0) is 33.4 Å². The van der Waals surface area contributed by atoms with Crippen molar-refractivity contribution in [3.05, 3.63) is 130 Å². The van der Waals surface area contributed by atoms with Crippen LogP contribution in [0.3, 0.4) is 0 Å². The van der Waals surface area contributed by atoms with Gasteiger partial charge >= 0.3 is 5.97 Å². The molecule has 0 fully saturated rings. The molecule has 834 valence electrons. The number of fused-ring (bicyclic) bond motifs is 2. The highest BCUT2D eigenvalue weighted by Crippen LogP contribution is 2.46. The van der Waals surface area contributed by atoms with Gasteiger partial charge in [0, 0.05) is 114 Å². The Hall–Kier alpha value is -5.57. The molecule has 13 heteroatoms. The van der Waals surface area contributed by atoms with E-state index in [-0.39, 0.29) is 73.4 Å². The van der Waals surface area contributed by atoms with Crippen LogP contribution in [0.25, 0.3) is 0 Å². The van der Waals surface area contributed by atoms with Crippen molar-refractivity contribution >= 4 is 40.7 Å². The van der Waals surface area contributed by atoms with Crippen LogP contribution in [0.15, 0.2) is 91.0 Å². The average Bonchev–Trinajstić information content (AvgIpc) is 0.741. The second kappa shape index (κ2) is 103. The number of aliphatic hydroxyl groups is 4. The monoisotopic (exact) mass is 2020 g/mol. The molecule has 0 aromatic heterocycles. The van der Waals surface area contributed by atoms with Gasteiger partial charge in [0.1, 0.15) is 29.7 Å². The number of Topliss-reactive ketones (excluding diaryl/α,β-unsaturated/α-hetero) is 6. The molecule has 13 nitrogen and oxygen atoms in total. The molecule has 0 saturated carbocycles. The van der Waals surface area contributed by atoms with E-state index in [1.807, 2.05) is 24.3 Å². The van der Waals surface area contributed by atoms with Gasteiger partial charge < -0.3 is 29.9 Å². The van der Waals surface area contributed by atoms with Gasteiger partial charge in [-0.05, 0) is 201 Å². The predicted molar refractivity (Wildman–Crippen MR) is 618 cm³/mol. The Morgan fingerprint density at radius 1 is 0.283 bits per heavy atom. The molecule has 0 heterocycles. The van der Waals surface area contributed by atoms with Crippen LogP contribution in [0.2, 0.25) is 0 Å². The minimum absolute atomic E-state index is 0.0808. The van der Waals surface area contributed by atoms with Crippen LogP contribution in [0, 0.1) is 44.4 Å². The molecule has 0 radical (unpaired) electrons. The summed E-state index contributed by atoms with van der Waals surface area (Å²) in [4.78, 5) is 85.2. The zero-order chi connectivity index (χ0) is 106. The molecule has 6 atom stereocenters. The molecule has 2 aliphatic rings. The molecular weight excluding hydrogens is 1790 g/mol. The third-order valence-electron chi connectivity index (χ3n) is 30.4. The van der Waals surface area contributed by atoms with Gasteiger partial charge in [0.2, 0.25) is 0 Å². The summed E-state index contributed by atoms with van der Waals surface area (Å²) < 4.78 is 10.4. The Morgan fingerprint density at radius 3 is 0.855 bits per heavy atom. The van der Waals surface area contributed by atoms with E-state index in [0.29, 0.717) is 131 Å². The number of unbranched alkanes of at least 4 members (excludes halogenated alkanes) is 52. The Morgan fingerprint density at radius 2 is 0.545 bits per heavy atom. The number of rotatable bonds is 95. The number of allylic oxidation sites excluding steroid dienone is 4. The predicted octanol–water partition coefficient (Wildman–Crippen LogP) is 37.6. The van der Waals surface area contributed by atoms with E-state index in [1.54, 1.807) is 5.56 Å². The van der Waals surface area contributed by atoms with Gasteiger partial charge in [-0.2, -0.15) is 0 Å². The van der Waals surface area contributed by atoms with E-state index in [0.717, 1.165) is 109 Å². The summed E-state index contributed by atoms with van der Waals surface area (Å²) in [5, 5.41) is 35.1. The summed E-state index contributed by atoms with van der Waals surface area (Å²) in [6.45, 7) is 22.3. The number of ether oxygens (including phenoxy) is 2. The Bertz CT molecular complexity index is 3520. The lowest BCUT2D eigenvalue weighted by Crippen LogP contribution is -2.45. The van der Waals surface area contributed by atoms with Crippen molar-refractivity contribution in [1.82, 2.24) is 0 Å². The van der Waals surface area contributed by atoms with Gasteiger partial charge in [0.25, 0.3) is 0 Å². The Labute approximate surface area is 892 Å². The maximum Gasteiger partial charge on any atom is 0.305 e. The lowest BCUT2D eigenvalue weighted by Gasteiger charge is -2.41. The fourth-order valence-electron chi connectivity index (χ4n) is 21.0. The topological polar surface area (TPSA) is 219 Å². The molecule has 0 saturated heterocycles. The summed E-state index contributed by atoms with van der Waals surface area (Å²) in [6.07, 6.45) is 104. The van der Waals surface area contributed by atoms with Gasteiger partial charge in [-0.1, -0.05) is 466 Å². The highest BCUT2D eigenvalue weighted by molar-refractivity contribution is 6.16. The van der Waals surface area contributed by atoms with Crippen molar-refractivity contribution in [2.45, 2.75) is 594 Å². The minimum Gasteiger partial charge on any atom is -0.463 e. The molecular formula is C132H228O13. The number of esters is 1. The van der Waals surface area contributed by atoms with Gasteiger partial charge in [0.15, 0.2) is 11.6 Å². The number of hydrogen-bond acceptors (Lipinski definition) is 13. The molecule has 4 N–H and O–H groups in total. The Kier molecular flexibility index (Phi) is 97.5. The number of benzene rings is 3. The maximum absolute atomic E-state index is 13.6. The Balaban J connectivity index is 0.000000913. The smallest absolute Gasteiger partial charge is 0.305 e. The molecule has 145 heavy (non-hydrogen) atoms. The SMILES string of the molecule is CCCCCCC1C=CC(CCCCCCCC(=O)CCCO)C2C(=O)c3ccccc3C(=O)C12.CCCCCCCC/C=C\CCCCCCCC(=O)OCCOCCC.CCCCCCCCCC(CCCCCCCC(=O)CCCO)c1cc(C)c(C)c(C)c1.CCCCCCCCCC(CCCCCCCC(=O)CCCO)c1ccccc1.CCCCCCCCCCCCCCCCCC(=O)CCCO. The van der Waals surface area contributed by atoms with Crippen molar-refractivity contribution in [3.8, 4) is 0 Å². The zero-order valence-corrected chi connectivity index (χ0v) is 95.8. The number of ketones is 6. The average molecular weight is 2020 g/mol. The standard InChI is InChI=1S/C31H44O4.C30H52O2.C27H46O2.C23H44O3.C21H42O2/c1-2-3-4-8-14-23-20-21-24(15-9-6-5-7-10-16-25(33)17-13-22-32)29-28(23)30(34)26-18-11-12-19-27(26)31(29)35;1-5-6-7-8-9-11-14-18-28(29-23-25(2)27(4)26(3)24-29)19-15-12-10-13-16-20-30(32)21-17-22-31;1-2-3-4-5-6-8-12-18-25(26-20-14-11-15-21-26)19-13-9-7-10-16-22-27(29)23-17-24-28;1-3-5-6-7-8-9-10-11-12-13-14-15-16-17-18-19-23(24)26-22-21-25-20-4-2;1-2-3-4-5-6-7-8-9-10-11-12-13-14-15-16-18-21(23)19-17-20-22/h11-12,18-21,23-24,28-29,32H,2-10,13-17,22H2,1H3;23-24,28,31H,5-22H2,1-4H3;11,14-15,20-21,25,28H,2-10,12-13,16-19,22-24H2,1H3;11-12H,3-10,13-22H2,1-2H3;22H,2-20H2,1H3/b;;;12-11-;. The van der Waals surface area contributed by atoms with E-state index in [4.69, 9.17) is 29.9 Å². The first-order valence-electron chi connectivity index (χ1n) is 61.8. The molecule has 3 aromatic rings. The molecule has 2 aliphatic carbocycles. The summed E-state index contributed by atoms with van der Waals surface area (Å²) in [5.74, 6) is 2.76. The van der Waals surface area contributed by atoms with Crippen LogP contribution in [0.5, 0.6) is 0 Å². The first-order chi connectivity index (χ1) is 71.0. The number of carbonyl (C=O) groups is 7. The summed E-state index contributed by atoms with van der Waals surface area (Å²) in [5.41, 5.74) is 8.65. The van der Waals surface area contributed by atoms with Crippen molar-refractivity contribution in [1.29, 1.82) is 0 Å². The third kappa shape index (κ3) is 78.3. The summed E-state index contributed by atoms with van der Waals surface area (Å²) >= 11 is 0. The second-order valence-electron chi connectivity index (χ2n) is 43.5. The van der Waals surface area contributed by atoms with Crippen molar-refractivity contribution in [3.63, 3.8) is 0 Å². The van der Waals surface area contributed by atoms with Crippen LogP contribution in [0.1, 0.15) is 622 Å². The fraction of sp³-hybridized carbons (Fsp3) is 0.780. The highest BCUT2D eigenvalue weighted by Gasteiger charge is 2.48. The van der Waals surface area contributed by atoms with Crippen LogP contribution in [0.4, 0.5) is 0 Å². The number of hydrogen-bond donors (Lipinski definition) is 4. The minimum atomic E-state index is -0.220. The van der Waals surface area contributed by atoms with E-state index >= 15 is 0 Å². The highest BCUT2D eigenvalue weighted by atomic mass is 16.6. The molecule has 6 unspecified atom stereocenters. The van der Waals surface area contributed by atoms with Crippen LogP contribution >= 0.6 is 0 Å². The van der Waals surface area contributed by atoms with Gasteiger partial charge in [-0.25, -0.2) is 0 Å². The van der Waals surface area contributed by atoms with Crippen LogP contribution in [-0.4, -0.2) is 107 Å². The largest absolute Gasteiger partial charge is 0.463 e. The molecule has 0 aliphatic heterocycles. The van der Waals surface area contributed by atoms with Gasteiger partial charge in [-0.15, -0.1) is 0 Å². The third-order valence-corrected chi connectivity index (χ3v) is 30.4. The molecule has 0 spiro atoms. The summed E-state index contributed by atoms with van der Waals surface area (Å²) in [7, 11) is 0. The van der Waals surface area contributed by atoms with E-state index in [2.05, 4.69) is 129 Å².